The van der Waals surface area contributed by atoms with Crippen LogP contribution in [0.1, 0.15) is 33.2 Å². The van der Waals surface area contributed by atoms with Gasteiger partial charge >= 0.3 is 0 Å². The molecule has 0 N–H and O–H groups in total. The molecule has 0 aliphatic carbocycles. The summed E-state index contributed by atoms with van der Waals surface area (Å²) in [5, 5.41) is 1.11. The highest BCUT2D eigenvalue weighted by Crippen LogP contribution is 2.22. The zero-order valence-corrected chi connectivity index (χ0v) is 14.5. The van der Waals surface area contributed by atoms with Crippen molar-refractivity contribution in [1.29, 1.82) is 0 Å². The van der Waals surface area contributed by atoms with Crippen molar-refractivity contribution in [2.45, 2.75) is 26.2 Å². The lowest BCUT2D eigenvalue weighted by molar-refractivity contribution is 0.0668. The predicted molar refractivity (Wildman–Crippen MR) is 89.6 cm³/mol. The summed E-state index contributed by atoms with van der Waals surface area (Å²) >= 11 is 1.60. The van der Waals surface area contributed by atoms with E-state index in [2.05, 4.69) is 21.8 Å². The molecule has 0 unspecified atom stereocenters. The molecular formula is C16H26N4OS. The van der Waals surface area contributed by atoms with Gasteiger partial charge in [0.1, 0.15) is 4.88 Å². The largest absolute Gasteiger partial charge is 0.335 e. The number of aryl methyl sites for hydroxylation is 1. The summed E-state index contributed by atoms with van der Waals surface area (Å²) in [5.41, 5.74) is 0.908. The molecule has 2 fully saturated rings. The minimum atomic E-state index is 0.176. The Balaban J connectivity index is 1.60. The molecule has 2 saturated heterocycles. The summed E-state index contributed by atoms with van der Waals surface area (Å²) < 4.78 is 0. The Bertz CT molecular complexity index is 516. The molecule has 122 valence electrons. The molecule has 22 heavy (non-hydrogen) atoms. The number of carbonyl (C=O) groups excluding carboxylic acids is 1. The highest BCUT2D eigenvalue weighted by molar-refractivity contribution is 7.13. The molecule has 2 aliphatic heterocycles. The van der Waals surface area contributed by atoms with E-state index in [4.69, 9.17) is 0 Å². The summed E-state index contributed by atoms with van der Waals surface area (Å²) in [6.45, 7) is 9.07. The highest BCUT2D eigenvalue weighted by atomic mass is 32.1. The van der Waals surface area contributed by atoms with Crippen LogP contribution in [0, 0.1) is 6.92 Å². The average molecular weight is 322 g/mol. The van der Waals surface area contributed by atoms with Gasteiger partial charge in [-0.05, 0) is 39.9 Å². The molecule has 3 heterocycles. The van der Waals surface area contributed by atoms with Crippen LogP contribution in [0.15, 0.2) is 0 Å². The molecule has 1 amide bonds. The molecule has 0 aromatic carbocycles. The smallest absolute Gasteiger partial charge is 0.265 e. The Morgan fingerprint density at radius 2 is 1.82 bits per heavy atom. The Morgan fingerprint density at radius 3 is 2.50 bits per heavy atom. The third kappa shape index (κ3) is 3.67. The Hall–Kier alpha value is -0.980. The number of hydrogen-bond donors (Lipinski definition) is 0. The fourth-order valence-electron chi connectivity index (χ4n) is 3.17. The molecule has 2 aliphatic rings. The minimum Gasteiger partial charge on any atom is -0.335 e. The van der Waals surface area contributed by atoms with Gasteiger partial charge in [0.25, 0.3) is 5.91 Å². The van der Waals surface area contributed by atoms with Crippen LogP contribution < -0.4 is 0 Å². The third-order valence-electron chi connectivity index (χ3n) is 4.67. The predicted octanol–water partition coefficient (Wildman–Crippen LogP) is 1.48. The van der Waals surface area contributed by atoms with Crippen molar-refractivity contribution in [2.75, 3.05) is 52.9 Å². The fourth-order valence-corrected chi connectivity index (χ4v) is 4.19. The van der Waals surface area contributed by atoms with Crippen LogP contribution in [0.5, 0.6) is 0 Å². The molecule has 1 aromatic heterocycles. The number of thiazole rings is 1. The van der Waals surface area contributed by atoms with E-state index < -0.39 is 0 Å². The number of aromatic nitrogens is 1. The first-order valence-electron chi connectivity index (χ1n) is 8.30. The standard InChI is InChI=1S/C16H26N4OS/c1-13-15(16(21)20-11-9-18(2)10-12-20)22-14(17-13)5-8-19-6-3-4-7-19/h3-12H2,1-2H3. The molecule has 5 nitrogen and oxygen atoms in total. The number of rotatable bonds is 4. The first kappa shape index (κ1) is 15.9. The van der Waals surface area contributed by atoms with Crippen LogP contribution in [-0.4, -0.2) is 78.5 Å². The van der Waals surface area contributed by atoms with Crippen molar-refractivity contribution in [3.63, 3.8) is 0 Å². The van der Waals surface area contributed by atoms with Crippen LogP contribution in [0.2, 0.25) is 0 Å². The maximum Gasteiger partial charge on any atom is 0.265 e. The summed E-state index contributed by atoms with van der Waals surface area (Å²) in [6, 6.07) is 0. The highest BCUT2D eigenvalue weighted by Gasteiger charge is 2.24. The summed E-state index contributed by atoms with van der Waals surface area (Å²) in [7, 11) is 2.11. The van der Waals surface area contributed by atoms with Gasteiger partial charge in [-0.1, -0.05) is 0 Å². The van der Waals surface area contributed by atoms with Gasteiger partial charge < -0.3 is 14.7 Å². The van der Waals surface area contributed by atoms with E-state index in [0.717, 1.165) is 54.7 Å². The molecule has 0 saturated carbocycles. The van der Waals surface area contributed by atoms with Crippen LogP contribution in [0.4, 0.5) is 0 Å². The second kappa shape index (κ2) is 7.06. The number of carbonyl (C=O) groups is 1. The van der Waals surface area contributed by atoms with Crippen molar-refractivity contribution >= 4 is 17.2 Å². The summed E-state index contributed by atoms with van der Waals surface area (Å²) in [5.74, 6) is 0.176. The number of piperazine rings is 1. The van der Waals surface area contributed by atoms with Crippen molar-refractivity contribution < 1.29 is 4.79 Å². The van der Waals surface area contributed by atoms with Crippen LogP contribution in [0.3, 0.4) is 0 Å². The molecule has 0 atom stereocenters. The van der Waals surface area contributed by atoms with Gasteiger partial charge in [0.15, 0.2) is 0 Å². The Labute approximate surface area is 136 Å². The van der Waals surface area contributed by atoms with Crippen molar-refractivity contribution in [3.8, 4) is 0 Å². The van der Waals surface area contributed by atoms with Gasteiger partial charge in [0.05, 0.1) is 10.7 Å². The summed E-state index contributed by atoms with van der Waals surface area (Å²) in [4.78, 5) is 24.9. The number of likely N-dealkylation sites (tertiary alicyclic amines) is 1. The van der Waals surface area contributed by atoms with E-state index in [1.54, 1.807) is 11.3 Å². The van der Waals surface area contributed by atoms with Gasteiger partial charge in [-0.3, -0.25) is 4.79 Å². The Kier molecular flexibility index (Phi) is 5.10. The lowest BCUT2D eigenvalue weighted by Gasteiger charge is -2.32. The zero-order chi connectivity index (χ0) is 15.5. The molecule has 6 heteroatoms. The van der Waals surface area contributed by atoms with E-state index >= 15 is 0 Å². The van der Waals surface area contributed by atoms with Crippen molar-refractivity contribution in [3.05, 3.63) is 15.6 Å². The number of likely N-dealkylation sites (N-methyl/N-ethyl adjacent to an activating group) is 1. The third-order valence-corrected chi connectivity index (χ3v) is 5.87. The molecule has 0 bridgehead atoms. The van der Waals surface area contributed by atoms with E-state index in [1.165, 1.54) is 25.9 Å². The second-order valence-corrected chi connectivity index (χ2v) is 7.50. The number of amides is 1. The normalized spacial score (nSPS) is 20.7. The van der Waals surface area contributed by atoms with Crippen molar-refractivity contribution in [2.24, 2.45) is 0 Å². The van der Waals surface area contributed by atoms with Gasteiger partial charge in [-0.15, -0.1) is 11.3 Å². The fraction of sp³-hybridized carbons (Fsp3) is 0.750. The maximum absolute atomic E-state index is 12.7. The first-order valence-corrected chi connectivity index (χ1v) is 9.11. The van der Waals surface area contributed by atoms with E-state index in [0.29, 0.717) is 0 Å². The van der Waals surface area contributed by atoms with Crippen LogP contribution in [0.25, 0.3) is 0 Å². The van der Waals surface area contributed by atoms with E-state index in [1.807, 2.05) is 11.8 Å². The molecule has 0 radical (unpaired) electrons. The van der Waals surface area contributed by atoms with Gasteiger partial charge in [-0.2, -0.15) is 0 Å². The van der Waals surface area contributed by atoms with Gasteiger partial charge in [0, 0.05) is 39.1 Å². The molecule has 0 spiro atoms. The van der Waals surface area contributed by atoms with E-state index in [9.17, 15) is 4.79 Å². The van der Waals surface area contributed by atoms with Gasteiger partial charge in [0.2, 0.25) is 0 Å². The molecule has 3 rings (SSSR count). The lowest BCUT2D eigenvalue weighted by Crippen LogP contribution is -2.47. The average Bonchev–Trinajstić information content (AvgIpc) is 3.14. The summed E-state index contributed by atoms with van der Waals surface area (Å²) in [6.07, 6.45) is 3.62. The quantitative estimate of drug-likeness (QED) is 0.842. The molecular weight excluding hydrogens is 296 g/mol. The van der Waals surface area contributed by atoms with Crippen LogP contribution >= 0.6 is 11.3 Å². The van der Waals surface area contributed by atoms with E-state index in [-0.39, 0.29) is 5.91 Å². The monoisotopic (exact) mass is 322 g/mol. The van der Waals surface area contributed by atoms with Crippen LogP contribution in [-0.2, 0) is 6.42 Å². The maximum atomic E-state index is 12.7. The zero-order valence-electron chi connectivity index (χ0n) is 13.7. The SMILES string of the molecule is Cc1nc(CCN2CCCC2)sc1C(=O)N1CCN(C)CC1. The first-order chi connectivity index (χ1) is 10.6. The number of hydrogen-bond acceptors (Lipinski definition) is 5. The lowest BCUT2D eigenvalue weighted by atomic mass is 10.3. The minimum absolute atomic E-state index is 0.176. The van der Waals surface area contributed by atoms with Crippen molar-refractivity contribution in [1.82, 2.24) is 19.7 Å². The topological polar surface area (TPSA) is 39.7 Å². The number of nitrogens with zero attached hydrogens (tertiary/aromatic N) is 4. The second-order valence-electron chi connectivity index (χ2n) is 6.42. The molecule has 1 aromatic rings. The Morgan fingerprint density at radius 1 is 1.14 bits per heavy atom. The van der Waals surface area contributed by atoms with Gasteiger partial charge in [-0.25, -0.2) is 4.98 Å².